The number of likely N-dealkylation sites (tertiary alicyclic amines) is 1. The zero-order valence-corrected chi connectivity index (χ0v) is 15.6. The SMILES string of the molecule is N#CC1(C2CCCCC2)CCN(C(=O)N2CCCc3ccccc32)CC1. The van der Waals surface area contributed by atoms with Crippen LogP contribution in [0.2, 0.25) is 0 Å². The Labute approximate surface area is 156 Å². The number of nitriles is 1. The van der Waals surface area contributed by atoms with Gasteiger partial charge in [-0.05, 0) is 56.1 Å². The van der Waals surface area contributed by atoms with Crippen molar-refractivity contribution in [1.29, 1.82) is 5.26 Å². The van der Waals surface area contributed by atoms with Crippen LogP contribution in [0.1, 0.15) is 56.9 Å². The Hall–Kier alpha value is -2.02. The van der Waals surface area contributed by atoms with Gasteiger partial charge < -0.3 is 4.90 Å². The number of anilines is 1. The lowest BCUT2D eigenvalue weighted by Gasteiger charge is -2.44. The molecule has 2 heterocycles. The van der Waals surface area contributed by atoms with Gasteiger partial charge in [0.25, 0.3) is 0 Å². The second-order valence-corrected chi connectivity index (χ2v) is 8.26. The molecule has 4 heteroatoms. The molecule has 1 aliphatic carbocycles. The zero-order chi connectivity index (χ0) is 18.0. The number of urea groups is 1. The molecule has 0 bridgehead atoms. The van der Waals surface area contributed by atoms with E-state index in [1.54, 1.807) is 0 Å². The predicted molar refractivity (Wildman–Crippen MR) is 103 cm³/mol. The summed E-state index contributed by atoms with van der Waals surface area (Å²) in [4.78, 5) is 17.1. The third-order valence-corrected chi connectivity index (χ3v) is 6.88. The number of rotatable bonds is 1. The average molecular weight is 351 g/mol. The largest absolute Gasteiger partial charge is 0.324 e. The first-order valence-electron chi connectivity index (χ1n) is 10.3. The molecule has 0 radical (unpaired) electrons. The maximum absolute atomic E-state index is 13.2. The molecule has 0 spiro atoms. The van der Waals surface area contributed by atoms with Crippen LogP contribution in [0.5, 0.6) is 0 Å². The summed E-state index contributed by atoms with van der Waals surface area (Å²) in [6.07, 6.45) is 10.0. The van der Waals surface area contributed by atoms with Gasteiger partial charge in [-0.15, -0.1) is 0 Å². The second-order valence-electron chi connectivity index (χ2n) is 8.26. The van der Waals surface area contributed by atoms with Crippen molar-refractivity contribution in [3.63, 3.8) is 0 Å². The standard InChI is InChI=1S/C22H29N3O/c23-17-22(19-9-2-1-3-10-19)12-15-24(16-13-22)21(26)25-14-6-8-18-7-4-5-11-20(18)25/h4-5,7,11,19H,1-3,6,8-10,12-16H2. The molecule has 1 saturated heterocycles. The Kier molecular flexibility index (Phi) is 4.89. The highest BCUT2D eigenvalue weighted by Gasteiger charge is 2.43. The third kappa shape index (κ3) is 3.09. The Balaban J connectivity index is 1.45. The fraction of sp³-hybridized carbons (Fsp3) is 0.636. The first-order valence-corrected chi connectivity index (χ1v) is 10.3. The number of piperidine rings is 1. The number of para-hydroxylation sites is 1. The van der Waals surface area contributed by atoms with Gasteiger partial charge >= 0.3 is 6.03 Å². The van der Waals surface area contributed by atoms with Crippen molar-refractivity contribution in [2.24, 2.45) is 11.3 Å². The molecule has 26 heavy (non-hydrogen) atoms. The number of fused-ring (bicyclic) bond motifs is 1. The Morgan fingerprint density at radius 2 is 1.77 bits per heavy atom. The number of amides is 2. The van der Waals surface area contributed by atoms with E-state index in [1.165, 1.54) is 37.7 Å². The molecule has 0 N–H and O–H groups in total. The lowest BCUT2D eigenvalue weighted by atomic mass is 9.65. The van der Waals surface area contributed by atoms with E-state index in [9.17, 15) is 10.1 Å². The Bertz CT molecular complexity index is 694. The smallest absolute Gasteiger partial charge is 0.324 e. The first kappa shape index (κ1) is 17.4. The topological polar surface area (TPSA) is 47.3 Å². The highest BCUT2D eigenvalue weighted by Crippen LogP contribution is 2.45. The van der Waals surface area contributed by atoms with Crippen LogP contribution in [0.4, 0.5) is 10.5 Å². The van der Waals surface area contributed by atoms with Crippen LogP contribution in [-0.4, -0.2) is 30.6 Å². The highest BCUT2D eigenvalue weighted by atomic mass is 16.2. The number of hydrogen-bond donors (Lipinski definition) is 0. The van der Waals surface area contributed by atoms with Gasteiger partial charge in [-0.25, -0.2) is 4.79 Å². The Morgan fingerprint density at radius 3 is 2.50 bits per heavy atom. The van der Waals surface area contributed by atoms with E-state index in [4.69, 9.17) is 0 Å². The summed E-state index contributed by atoms with van der Waals surface area (Å²) in [5.74, 6) is 0.536. The van der Waals surface area contributed by atoms with Crippen LogP contribution < -0.4 is 4.90 Å². The highest BCUT2D eigenvalue weighted by molar-refractivity contribution is 5.93. The van der Waals surface area contributed by atoms with E-state index in [-0.39, 0.29) is 11.4 Å². The molecule has 0 atom stereocenters. The van der Waals surface area contributed by atoms with Crippen molar-refractivity contribution in [1.82, 2.24) is 4.90 Å². The Morgan fingerprint density at radius 1 is 1.04 bits per heavy atom. The van der Waals surface area contributed by atoms with Gasteiger partial charge in [0.2, 0.25) is 0 Å². The summed E-state index contributed by atoms with van der Waals surface area (Å²) in [5, 5.41) is 9.93. The minimum Gasteiger partial charge on any atom is -0.324 e. The molecule has 2 amide bonds. The molecule has 0 aromatic heterocycles. The predicted octanol–water partition coefficient (Wildman–Crippen LogP) is 4.75. The fourth-order valence-electron chi connectivity index (χ4n) is 5.27. The van der Waals surface area contributed by atoms with Crippen LogP contribution >= 0.6 is 0 Å². The maximum atomic E-state index is 13.2. The molecule has 3 aliphatic rings. The first-order chi connectivity index (χ1) is 12.7. The van der Waals surface area contributed by atoms with Crippen molar-refractivity contribution >= 4 is 11.7 Å². The van der Waals surface area contributed by atoms with Gasteiger partial charge in [-0.2, -0.15) is 5.26 Å². The van der Waals surface area contributed by atoms with Gasteiger partial charge in [0, 0.05) is 25.3 Å². The minimum absolute atomic E-state index is 0.132. The monoisotopic (exact) mass is 351 g/mol. The molecule has 1 aromatic carbocycles. The number of carbonyl (C=O) groups is 1. The fourth-order valence-corrected chi connectivity index (χ4v) is 5.27. The minimum atomic E-state index is -0.197. The van der Waals surface area contributed by atoms with Crippen molar-refractivity contribution in [2.45, 2.75) is 57.8 Å². The van der Waals surface area contributed by atoms with E-state index in [0.717, 1.165) is 51.0 Å². The second kappa shape index (κ2) is 7.31. The van der Waals surface area contributed by atoms with Gasteiger partial charge in [0.15, 0.2) is 0 Å². The molecular formula is C22H29N3O. The van der Waals surface area contributed by atoms with Gasteiger partial charge in [-0.3, -0.25) is 4.90 Å². The molecule has 1 aromatic rings. The van der Waals surface area contributed by atoms with Gasteiger partial charge in [-0.1, -0.05) is 37.5 Å². The zero-order valence-electron chi connectivity index (χ0n) is 15.6. The summed E-state index contributed by atoms with van der Waals surface area (Å²) in [6.45, 7) is 2.25. The van der Waals surface area contributed by atoms with E-state index in [0.29, 0.717) is 5.92 Å². The van der Waals surface area contributed by atoms with Crippen LogP contribution in [-0.2, 0) is 6.42 Å². The molecule has 0 unspecified atom stereocenters. The van der Waals surface area contributed by atoms with E-state index < -0.39 is 0 Å². The van der Waals surface area contributed by atoms with Crippen molar-refractivity contribution < 1.29 is 4.79 Å². The summed E-state index contributed by atoms with van der Waals surface area (Å²) in [6, 6.07) is 11.1. The number of nitrogens with zero attached hydrogens (tertiary/aromatic N) is 3. The number of benzene rings is 1. The van der Waals surface area contributed by atoms with E-state index in [2.05, 4.69) is 24.3 Å². The summed E-state index contributed by atoms with van der Waals surface area (Å²) in [5.41, 5.74) is 2.16. The molecule has 2 aliphatic heterocycles. The van der Waals surface area contributed by atoms with Gasteiger partial charge in [0.1, 0.15) is 0 Å². The molecule has 138 valence electrons. The molecule has 2 fully saturated rings. The lowest BCUT2D eigenvalue weighted by Crippen LogP contribution is -2.51. The van der Waals surface area contributed by atoms with Crippen molar-refractivity contribution in [3.8, 4) is 6.07 Å². The van der Waals surface area contributed by atoms with Crippen LogP contribution in [0.3, 0.4) is 0 Å². The third-order valence-electron chi connectivity index (χ3n) is 6.88. The van der Waals surface area contributed by atoms with Crippen LogP contribution in [0.25, 0.3) is 0 Å². The van der Waals surface area contributed by atoms with Gasteiger partial charge in [0.05, 0.1) is 11.5 Å². The van der Waals surface area contributed by atoms with Crippen LogP contribution in [0, 0.1) is 22.7 Å². The molecule has 4 rings (SSSR count). The number of hydrogen-bond acceptors (Lipinski definition) is 2. The average Bonchev–Trinajstić information content (AvgIpc) is 2.73. The maximum Gasteiger partial charge on any atom is 0.324 e. The summed E-state index contributed by atoms with van der Waals surface area (Å²) >= 11 is 0. The molecule has 1 saturated carbocycles. The van der Waals surface area contributed by atoms with E-state index in [1.807, 2.05) is 15.9 Å². The summed E-state index contributed by atoms with van der Waals surface area (Å²) < 4.78 is 0. The van der Waals surface area contributed by atoms with E-state index >= 15 is 0 Å². The number of aryl methyl sites for hydroxylation is 1. The number of carbonyl (C=O) groups excluding carboxylic acids is 1. The van der Waals surface area contributed by atoms with Crippen LogP contribution in [0.15, 0.2) is 24.3 Å². The van der Waals surface area contributed by atoms with Crippen molar-refractivity contribution in [2.75, 3.05) is 24.5 Å². The summed E-state index contributed by atoms with van der Waals surface area (Å²) in [7, 11) is 0. The quantitative estimate of drug-likeness (QED) is 0.733. The lowest BCUT2D eigenvalue weighted by molar-refractivity contribution is 0.0890. The van der Waals surface area contributed by atoms with Crippen molar-refractivity contribution in [3.05, 3.63) is 29.8 Å². The molecular weight excluding hydrogens is 322 g/mol. The molecule has 4 nitrogen and oxygen atoms in total. The normalized spacial score (nSPS) is 23.2.